The number of hydrogen-bond acceptors (Lipinski definition) is 2. The summed E-state index contributed by atoms with van der Waals surface area (Å²) in [6.45, 7) is 2.16. The van der Waals surface area contributed by atoms with Gasteiger partial charge in [0.05, 0.1) is 5.71 Å². The highest BCUT2D eigenvalue weighted by Gasteiger charge is 2.02. The van der Waals surface area contributed by atoms with Gasteiger partial charge in [0.1, 0.15) is 0 Å². The highest BCUT2D eigenvalue weighted by atomic mass is 16.4. The quantitative estimate of drug-likeness (QED) is 0.329. The van der Waals surface area contributed by atoms with Gasteiger partial charge in [-0.1, -0.05) is 55.3 Å². The molecule has 0 saturated heterocycles. The first-order valence-corrected chi connectivity index (χ1v) is 5.14. The lowest BCUT2D eigenvalue weighted by molar-refractivity contribution is 0.317. The van der Waals surface area contributed by atoms with E-state index in [0.29, 0.717) is 0 Å². The van der Waals surface area contributed by atoms with Crippen LogP contribution in [-0.2, 0) is 0 Å². The fourth-order valence-corrected chi connectivity index (χ4v) is 1.43. The van der Waals surface area contributed by atoms with Gasteiger partial charge in [-0.15, -0.1) is 0 Å². The summed E-state index contributed by atoms with van der Waals surface area (Å²) in [5.41, 5.74) is 1.81. The molecule has 0 heterocycles. The predicted molar refractivity (Wildman–Crippen MR) is 58.9 cm³/mol. The topological polar surface area (TPSA) is 32.6 Å². The summed E-state index contributed by atoms with van der Waals surface area (Å²) >= 11 is 0. The Hall–Kier alpha value is -1.31. The molecule has 0 bridgehead atoms. The van der Waals surface area contributed by atoms with Crippen LogP contribution < -0.4 is 0 Å². The molecule has 0 spiro atoms. The van der Waals surface area contributed by atoms with Crippen molar-refractivity contribution in [2.24, 2.45) is 5.16 Å². The third kappa shape index (κ3) is 3.21. The van der Waals surface area contributed by atoms with Crippen molar-refractivity contribution < 1.29 is 5.21 Å². The van der Waals surface area contributed by atoms with Crippen LogP contribution in [0.15, 0.2) is 35.5 Å². The normalized spacial score (nSPS) is 11.6. The summed E-state index contributed by atoms with van der Waals surface area (Å²) in [5.74, 6) is 0. The van der Waals surface area contributed by atoms with E-state index < -0.39 is 0 Å². The molecule has 0 aromatic heterocycles. The van der Waals surface area contributed by atoms with E-state index in [2.05, 4.69) is 12.1 Å². The predicted octanol–water partition coefficient (Wildman–Crippen LogP) is 3.45. The molecule has 0 amide bonds. The Labute approximate surface area is 85.3 Å². The minimum Gasteiger partial charge on any atom is -0.411 e. The third-order valence-corrected chi connectivity index (χ3v) is 2.24. The monoisotopic (exact) mass is 191 g/mol. The molecule has 0 fully saturated rings. The molecule has 0 radical (unpaired) electrons. The molecule has 1 aromatic rings. The first kappa shape index (κ1) is 10.8. The van der Waals surface area contributed by atoms with Crippen molar-refractivity contribution in [2.75, 3.05) is 0 Å². The van der Waals surface area contributed by atoms with E-state index in [0.717, 1.165) is 24.1 Å². The Morgan fingerprint density at radius 3 is 2.50 bits per heavy atom. The second kappa shape index (κ2) is 6.19. The van der Waals surface area contributed by atoms with Gasteiger partial charge < -0.3 is 5.21 Å². The smallest absolute Gasteiger partial charge is 0.0867 e. The van der Waals surface area contributed by atoms with Crippen molar-refractivity contribution in [1.29, 1.82) is 0 Å². The number of rotatable bonds is 5. The summed E-state index contributed by atoms with van der Waals surface area (Å²) in [5, 5.41) is 12.2. The molecule has 76 valence electrons. The molecule has 2 nitrogen and oxygen atoms in total. The third-order valence-electron chi connectivity index (χ3n) is 2.24. The van der Waals surface area contributed by atoms with Gasteiger partial charge >= 0.3 is 0 Å². The molecule has 2 heteroatoms. The van der Waals surface area contributed by atoms with Crippen LogP contribution in [0, 0.1) is 0 Å². The van der Waals surface area contributed by atoms with E-state index in [-0.39, 0.29) is 0 Å². The second-order valence-electron chi connectivity index (χ2n) is 3.37. The van der Waals surface area contributed by atoms with Gasteiger partial charge in [0.25, 0.3) is 0 Å². The Kier molecular flexibility index (Phi) is 4.76. The van der Waals surface area contributed by atoms with Crippen molar-refractivity contribution in [2.45, 2.75) is 32.6 Å². The molecule has 0 unspecified atom stereocenters. The summed E-state index contributed by atoms with van der Waals surface area (Å²) in [4.78, 5) is 0. The summed E-state index contributed by atoms with van der Waals surface area (Å²) in [6, 6.07) is 9.83. The molecule has 14 heavy (non-hydrogen) atoms. The van der Waals surface area contributed by atoms with Gasteiger partial charge in [-0.3, -0.25) is 0 Å². The lowest BCUT2D eigenvalue weighted by Gasteiger charge is -2.03. The van der Waals surface area contributed by atoms with Gasteiger partial charge in [0, 0.05) is 0 Å². The standard InChI is InChI=1S/C12H17NO/c1-2-3-5-10-12(13-14)11-8-6-4-7-9-11/h4,6-9,14H,2-3,5,10H2,1H3. The molecule has 0 aliphatic carbocycles. The van der Waals surface area contributed by atoms with E-state index >= 15 is 0 Å². The second-order valence-corrected chi connectivity index (χ2v) is 3.37. The first-order valence-electron chi connectivity index (χ1n) is 5.14. The van der Waals surface area contributed by atoms with E-state index in [1.807, 2.05) is 30.3 Å². The minimum atomic E-state index is 0.791. The summed E-state index contributed by atoms with van der Waals surface area (Å²) in [6.07, 6.45) is 4.32. The summed E-state index contributed by atoms with van der Waals surface area (Å²) < 4.78 is 0. The van der Waals surface area contributed by atoms with E-state index in [4.69, 9.17) is 5.21 Å². The lowest BCUT2D eigenvalue weighted by atomic mass is 10.0. The molecule has 1 N–H and O–H groups in total. The van der Waals surface area contributed by atoms with Gasteiger partial charge in [0.15, 0.2) is 0 Å². The van der Waals surface area contributed by atoms with E-state index in [1.54, 1.807) is 0 Å². The fourth-order valence-electron chi connectivity index (χ4n) is 1.43. The molecule has 1 aromatic carbocycles. The number of benzene rings is 1. The maximum atomic E-state index is 8.87. The fraction of sp³-hybridized carbons (Fsp3) is 0.417. The van der Waals surface area contributed by atoms with Crippen molar-refractivity contribution >= 4 is 5.71 Å². The van der Waals surface area contributed by atoms with Gasteiger partial charge in [-0.05, 0) is 18.4 Å². The molecule has 1 rings (SSSR count). The Morgan fingerprint density at radius 1 is 1.21 bits per heavy atom. The molecular weight excluding hydrogens is 174 g/mol. The van der Waals surface area contributed by atoms with Gasteiger partial charge in [-0.2, -0.15) is 0 Å². The highest BCUT2D eigenvalue weighted by molar-refractivity contribution is 6.00. The van der Waals surface area contributed by atoms with Gasteiger partial charge in [0.2, 0.25) is 0 Å². The van der Waals surface area contributed by atoms with Crippen LogP contribution in [0.5, 0.6) is 0 Å². The van der Waals surface area contributed by atoms with Crippen LogP contribution in [0.2, 0.25) is 0 Å². The first-order chi connectivity index (χ1) is 6.88. The molecular formula is C12H17NO. The van der Waals surface area contributed by atoms with E-state index in [1.165, 1.54) is 12.8 Å². The molecule has 0 aliphatic heterocycles. The largest absolute Gasteiger partial charge is 0.411 e. The number of unbranched alkanes of at least 4 members (excludes halogenated alkanes) is 2. The van der Waals surface area contributed by atoms with Crippen LogP contribution >= 0.6 is 0 Å². The van der Waals surface area contributed by atoms with Crippen LogP contribution in [0.25, 0.3) is 0 Å². The number of hydrogen-bond donors (Lipinski definition) is 1. The molecule has 0 aliphatic rings. The Morgan fingerprint density at radius 2 is 1.93 bits per heavy atom. The maximum Gasteiger partial charge on any atom is 0.0867 e. The zero-order valence-corrected chi connectivity index (χ0v) is 8.61. The molecule has 0 atom stereocenters. The zero-order valence-electron chi connectivity index (χ0n) is 8.61. The SMILES string of the molecule is CCCCCC(=NO)c1ccccc1. The number of oxime groups is 1. The maximum absolute atomic E-state index is 8.87. The molecule has 0 saturated carbocycles. The van der Waals surface area contributed by atoms with Crippen LogP contribution in [-0.4, -0.2) is 10.9 Å². The van der Waals surface area contributed by atoms with E-state index in [9.17, 15) is 0 Å². The Balaban J connectivity index is 2.56. The average molecular weight is 191 g/mol. The van der Waals surface area contributed by atoms with Crippen molar-refractivity contribution in [3.05, 3.63) is 35.9 Å². The minimum absolute atomic E-state index is 0.791. The Bertz CT molecular complexity index is 280. The van der Waals surface area contributed by atoms with Gasteiger partial charge in [-0.25, -0.2) is 0 Å². The van der Waals surface area contributed by atoms with Crippen molar-refractivity contribution in [3.8, 4) is 0 Å². The zero-order chi connectivity index (χ0) is 10.2. The van der Waals surface area contributed by atoms with Crippen LogP contribution in [0.4, 0.5) is 0 Å². The van der Waals surface area contributed by atoms with Crippen LogP contribution in [0.3, 0.4) is 0 Å². The van der Waals surface area contributed by atoms with Crippen molar-refractivity contribution in [1.82, 2.24) is 0 Å². The lowest BCUT2D eigenvalue weighted by Crippen LogP contribution is -2.00. The van der Waals surface area contributed by atoms with Crippen molar-refractivity contribution in [3.63, 3.8) is 0 Å². The number of nitrogens with zero attached hydrogens (tertiary/aromatic N) is 1. The summed E-state index contributed by atoms with van der Waals surface area (Å²) in [7, 11) is 0. The highest BCUT2D eigenvalue weighted by Crippen LogP contribution is 2.08. The van der Waals surface area contributed by atoms with Crippen LogP contribution in [0.1, 0.15) is 38.2 Å². The average Bonchev–Trinajstić information content (AvgIpc) is 2.26.